The molecule has 5 nitrogen and oxygen atoms in total. The number of ether oxygens (including phenoxy) is 2. The molecule has 0 saturated heterocycles. The monoisotopic (exact) mass is 300 g/mol. The van der Waals surface area contributed by atoms with Crippen molar-refractivity contribution >= 4 is 11.7 Å². The number of rotatable bonds is 5. The minimum atomic E-state index is -0.250. The van der Waals surface area contributed by atoms with Gasteiger partial charge in [0.1, 0.15) is 0 Å². The first kappa shape index (κ1) is 15.7. The zero-order valence-corrected chi connectivity index (χ0v) is 13.0. The van der Waals surface area contributed by atoms with Gasteiger partial charge in [0.2, 0.25) is 0 Å². The average Bonchev–Trinajstić information content (AvgIpc) is 2.52. The Balaban J connectivity index is 1.93. The zero-order chi connectivity index (χ0) is 15.9. The summed E-state index contributed by atoms with van der Waals surface area (Å²) in [4.78, 5) is 11.9. The first-order chi connectivity index (χ1) is 10.6. The highest BCUT2D eigenvalue weighted by Crippen LogP contribution is 2.27. The lowest BCUT2D eigenvalue weighted by Gasteiger charge is -2.11. The Morgan fingerprint density at radius 2 is 1.82 bits per heavy atom. The van der Waals surface area contributed by atoms with E-state index in [1.165, 1.54) is 0 Å². The number of methoxy groups -OCH3 is 2. The van der Waals surface area contributed by atoms with Crippen molar-refractivity contribution in [2.24, 2.45) is 0 Å². The SMILES string of the molecule is COc1ccc(CNC(=O)Nc2cccc(C)c2)cc1OC. The molecule has 2 amide bonds. The van der Waals surface area contributed by atoms with Crippen LogP contribution < -0.4 is 20.1 Å². The molecule has 0 fully saturated rings. The largest absolute Gasteiger partial charge is 0.493 e. The van der Waals surface area contributed by atoms with E-state index < -0.39 is 0 Å². The molecular formula is C17H20N2O3. The number of benzene rings is 2. The molecule has 0 radical (unpaired) electrons. The van der Waals surface area contributed by atoms with Gasteiger partial charge in [-0.25, -0.2) is 4.79 Å². The van der Waals surface area contributed by atoms with Crippen molar-refractivity contribution in [1.82, 2.24) is 5.32 Å². The quantitative estimate of drug-likeness (QED) is 0.890. The molecule has 2 N–H and O–H groups in total. The van der Waals surface area contributed by atoms with Crippen LogP contribution in [0.4, 0.5) is 10.5 Å². The van der Waals surface area contributed by atoms with Crippen molar-refractivity contribution in [3.05, 3.63) is 53.6 Å². The summed E-state index contributed by atoms with van der Waals surface area (Å²) in [6, 6.07) is 12.9. The first-order valence-corrected chi connectivity index (χ1v) is 6.95. The van der Waals surface area contributed by atoms with Crippen LogP contribution in [0.2, 0.25) is 0 Å². The Hall–Kier alpha value is -2.69. The molecule has 22 heavy (non-hydrogen) atoms. The van der Waals surface area contributed by atoms with Gasteiger partial charge in [-0.1, -0.05) is 18.2 Å². The Morgan fingerprint density at radius 3 is 2.50 bits per heavy atom. The van der Waals surface area contributed by atoms with Gasteiger partial charge in [0.05, 0.1) is 14.2 Å². The van der Waals surface area contributed by atoms with E-state index in [0.717, 1.165) is 16.8 Å². The van der Waals surface area contributed by atoms with E-state index in [1.54, 1.807) is 14.2 Å². The van der Waals surface area contributed by atoms with Crippen molar-refractivity contribution in [1.29, 1.82) is 0 Å². The fourth-order valence-electron chi connectivity index (χ4n) is 2.07. The molecule has 2 aromatic rings. The molecule has 0 aromatic heterocycles. The number of aryl methyl sites for hydroxylation is 1. The second-order valence-electron chi connectivity index (χ2n) is 4.87. The molecule has 0 aliphatic carbocycles. The first-order valence-electron chi connectivity index (χ1n) is 6.95. The molecule has 5 heteroatoms. The molecule has 0 heterocycles. The fourth-order valence-corrected chi connectivity index (χ4v) is 2.07. The van der Waals surface area contributed by atoms with Crippen molar-refractivity contribution in [3.63, 3.8) is 0 Å². The molecule has 2 rings (SSSR count). The van der Waals surface area contributed by atoms with E-state index in [9.17, 15) is 4.79 Å². The highest BCUT2D eigenvalue weighted by Gasteiger charge is 2.06. The fraction of sp³-hybridized carbons (Fsp3) is 0.235. The molecule has 0 bridgehead atoms. The van der Waals surface area contributed by atoms with Crippen LogP contribution in [0.1, 0.15) is 11.1 Å². The molecule has 2 aromatic carbocycles. The van der Waals surface area contributed by atoms with E-state index >= 15 is 0 Å². The normalized spacial score (nSPS) is 9.95. The molecule has 0 unspecified atom stereocenters. The van der Waals surface area contributed by atoms with Crippen LogP contribution in [0.5, 0.6) is 11.5 Å². The van der Waals surface area contributed by atoms with E-state index in [2.05, 4.69) is 10.6 Å². The molecule has 0 atom stereocenters. The number of amides is 2. The van der Waals surface area contributed by atoms with Crippen LogP contribution in [-0.2, 0) is 6.54 Å². The standard InChI is InChI=1S/C17H20N2O3/c1-12-5-4-6-14(9-12)19-17(20)18-11-13-7-8-15(21-2)16(10-13)22-3/h4-10H,11H2,1-3H3,(H2,18,19,20). The minimum Gasteiger partial charge on any atom is -0.493 e. The molecular weight excluding hydrogens is 280 g/mol. The number of carbonyl (C=O) groups is 1. The predicted octanol–water partition coefficient (Wildman–Crippen LogP) is 3.33. The Kier molecular flexibility index (Phi) is 5.25. The number of carbonyl (C=O) groups excluding carboxylic acids is 1. The topological polar surface area (TPSA) is 59.6 Å². The predicted molar refractivity (Wildman–Crippen MR) is 86.6 cm³/mol. The summed E-state index contributed by atoms with van der Waals surface area (Å²) < 4.78 is 10.4. The van der Waals surface area contributed by atoms with Crippen LogP contribution in [0.25, 0.3) is 0 Å². The molecule has 0 saturated carbocycles. The van der Waals surface area contributed by atoms with E-state index in [1.807, 2.05) is 49.4 Å². The zero-order valence-electron chi connectivity index (χ0n) is 13.0. The van der Waals surface area contributed by atoms with Gasteiger partial charge >= 0.3 is 6.03 Å². The van der Waals surface area contributed by atoms with Gasteiger partial charge in [-0.3, -0.25) is 0 Å². The van der Waals surface area contributed by atoms with Crippen molar-refractivity contribution < 1.29 is 14.3 Å². The number of hydrogen-bond donors (Lipinski definition) is 2. The second kappa shape index (κ2) is 7.36. The van der Waals surface area contributed by atoms with Gasteiger partial charge in [0, 0.05) is 12.2 Å². The molecule has 116 valence electrons. The smallest absolute Gasteiger partial charge is 0.319 e. The lowest BCUT2D eigenvalue weighted by Crippen LogP contribution is -2.28. The maximum absolute atomic E-state index is 11.9. The summed E-state index contributed by atoms with van der Waals surface area (Å²) in [6.45, 7) is 2.38. The van der Waals surface area contributed by atoms with E-state index in [0.29, 0.717) is 18.0 Å². The van der Waals surface area contributed by atoms with Gasteiger partial charge < -0.3 is 20.1 Å². The number of nitrogens with one attached hydrogen (secondary N) is 2. The summed E-state index contributed by atoms with van der Waals surface area (Å²) in [5, 5.41) is 5.61. The van der Waals surface area contributed by atoms with E-state index in [4.69, 9.17) is 9.47 Å². The summed E-state index contributed by atoms with van der Waals surface area (Å²) >= 11 is 0. The minimum absolute atomic E-state index is 0.250. The number of hydrogen-bond acceptors (Lipinski definition) is 3. The summed E-state index contributed by atoms with van der Waals surface area (Å²) in [5.41, 5.74) is 2.79. The van der Waals surface area contributed by atoms with Gasteiger partial charge in [-0.15, -0.1) is 0 Å². The highest BCUT2D eigenvalue weighted by molar-refractivity contribution is 5.89. The van der Waals surface area contributed by atoms with Gasteiger partial charge in [-0.05, 0) is 42.3 Å². The van der Waals surface area contributed by atoms with Crippen molar-refractivity contribution in [2.75, 3.05) is 19.5 Å². The molecule has 0 aliphatic rings. The van der Waals surface area contributed by atoms with Gasteiger partial charge in [-0.2, -0.15) is 0 Å². The average molecular weight is 300 g/mol. The van der Waals surface area contributed by atoms with Crippen LogP contribution in [-0.4, -0.2) is 20.3 Å². The maximum atomic E-state index is 11.9. The Labute approximate surface area is 130 Å². The summed E-state index contributed by atoms with van der Waals surface area (Å²) in [5.74, 6) is 1.30. The summed E-state index contributed by atoms with van der Waals surface area (Å²) in [6.07, 6.45) is 0. The molecule has 0 aliphatic heterocycles. The third-order valence-electron chi connectivity index (χ3n) is 3.18. The lowest BCUT2D eigenvalue weighted by molar-refractivity contribution is 0.251. The van der Waals surface area contributed by atoms with E-state index in [-0.39, 0.29) is 6.03 Å². The Morgan fingerprint density at radius 1 is 1.05 bits per heavy atom. The van der Waals surface area contributed by atoms with Crippen LogP contribution >= 0.6 is 0 Å². The number of urea groups is 1. The van der Waals surface area contributed by atoms with Gasteiger partial charge in [0.15, 0.2) is 11.5 Å². The summed E-state index contributed by atoms with van der Waals surface area (Å²) in [7, 11) is 3.17. The van der Waals surface area contributed by atoms with Crippen molar-refractivity contribution in [2.45, 2.75) is 13.5 Å². The van der Waals surface area contributed by atoms with Crippen LogP contribution in [0.3, 0.4) is 0 Å². The van der Waals surface area contributed by atoms with Crippen LogP contribution in [0, 0.1) is 6.92 Å². The van der Waals surface area contributed by atoms with Crippen molar-refractivity contribution in [3.8, 4) is 11.5 Å². The van der Waals surface area contributed by atoms with Crippen LogP contribution in [0.15, 0.2) is 42.5 Å². The van der Waals surface area contributed by atoms with Gasteiger partial charge in [0.25, 0.3) is 0 Å². The highest BCUT2D eigenvalue weighted by atomic mass is 16.5. The third kappa shape index (κ3) is 4.15. The maximum Gasteiger partial charge on any atom is 0.319 e. The lowest BCUT2D eigenvalue weighted by atomic mass is 10.2. The Bertz CT molecular complexity index is 656. The second-order valence-corrected chi connectivity index (χ2v) is 4.87. The third-order valence-corrected chi connectivity index (χ3v) is 3.18. The molecule has 0 spiro atoms. The number of anilines is 1.